The highest BCUT2D eigenvalue weighted by molar-refractivity contribution is 6.29. The predicted octanol–water partition coefficient (Wildman–Crippen LogP) is 3.28. The molecule has 8 nitrogen and oxygen atoms in total. The van der Waals surface area contributed by atoms with E-state index >= 15 is 0 Å². The van der Waals surface area contributed by atoms with Crippen molar-refractivity contribution in [1.82, 2.24) is 20.4 Å². The van der Waals surface area contributed by atoms with Crippen LogP contribution in [0.1, 0.15) is 23.0 Å². The van der Waals surface area contributed by atoms with Gasteiger partial charge in [-0.2, -0.15) is 10.3 Å². The number of carbonyl (C=O) groups is 1. The first-order valence-electron chi connectivity index (χ1n) is 8.12. The van der Waals surface area contributed by atoms with Gasteiger partial charge in [-0.15, -0.1) is 5.10 Å². The number of aromatic nitrogens is 4. The van der Waals surface area contributed by atoms with Gasteiger partial charge in [0.05, 0.1) is 13.7 Å². The number of pyridine rings is 1. The first-order chi connectivity index (χ1) is 13.1. The van der Waals surface area contributed by atoms with E-state index in [0.717, 1.165) is 5.56 Å². The summed E-state index contributed by atoms with van der Waals surface area (Å²) in [6.07, 6.45) is 1.64. The van der Waals surface area contributed by atoms with Gasteiger partial charge in [0.1, 0.15) is 17.5 Å². The lowest BCUT2D eigenvalue weighted by Crippen LogP contribution is -2.07. The Labute approximate surface area is 160 Å². The van der Waals surface area contributed by atoms with E-state index < -0.39 is 5.97 Å². The molecule has 3 aromatic rings. The smallest absolute Gasteiger partial charge is 0.361 e. The Morgan fingerprint density at radius 1 is 1.19 bits per heavy atom. The van der Waals surface area contributed by atoms with Crippen molar-refractivity contribution in [1.29, 1.82) is 0 Å². The molecular weight excluding hydrogens is 372 g/mol. The van der Waals surface area contributed by atoms with Crippen LogP contribution >= 0.6 is 11.6 Å². The van der Waals surface area contributed by atoms with E-state index in [1.807, 2.05) is 6.07 Å². The van der Waals surface area contributed by atoms with E-state index in [1.165, 1.54) is 7.11 Å². The largest absolute Gasteiger partial charge is 0.493 e. The number of halogens is 1. The minimum atomic E-state index is -0.546. The molecule has 0 radical (unpaired) electrons. The minimum Gasteiger partial charge on any atom is -0.493 e. The first kappa shape index (κ1) is 18.7. The molecule has 0 unspecified atom stereocenters. The van der Waals surface area contributed by atoms with Crippen LogP contribution in [0.2, 0.25) is 5.15 Å². The molecule has 0 atom stereocenters. The van der Waals surface area contributed by atoms with Crippen molar-refractivity contribution in [3.05, 3.63) is 52.9 Å². The number of rotatable bonds is 7. The topological polar surface area (TPSA) is 99.2 Å². The Balaban J connectivity index is 1.81. The summed E-state index contributed by atoms with van der Waals surface area (Å²) < 4.78 is 16.2. The van der Waals surface area contributed by atoms with Gasteiger partial charge in [-0.05, 0) is 31.2 Å². The van der Waals surface area contributed by atoms with Crippen molar-refractivity contribution < 1.29 is 19.0 Å². The summed E-state index contributed by atoms with van der Waals surface area (Å²) in [6.45, 7) is 2.28. The Kier molecular flexibility index (Phi) is 5.87. The summed E-state index contributed by atoms with van der Waals surface area (Å²) in [5.41, 5.74) is 2.00. The average Bonchev–Trinajstić information content (AvgIpc) is 3.17. The van der Waals surface area contributed by atoms with Gasteiger partial charge in [0.2, 0.25) is 0 Å². The summed E-state index contributed by atoms with van der Waals surface area (Å²) in [7, 11) is 1.53. The molecule has 0 aliphatic heterocycles. The van der Waals surface area contributed by atoms with Crippen LogP contribution < -0.4 is 9.47 Å². The van der Waals surface area contributed by atoms with Gasteiger partial charge in [-0.1, -0.05) is 17.7 Å². The van der Waals surface area contributed by atoms with Crippen LogP contribution in [0.5, 0.6) is 11.5 Å². The molecule has 9 heteroatoms. The molecule has 0 aliphatic rings. The van der Waals surface area contributed by atoms with Gasteiger partial charge in [-0.3, -0.25) is 0 Å². The van der Waals surface area contributed by atoms with Crippen molar-refractivity contribution in [3.8, 4) is 22.8 Å². The molecule has 0 aliphatic carbocycles. The fraction of sp³-hybridized carbons (Fsp3) is 0.222. The zero-order valence-corrected chi connectivity index (χ0v) is 15.5. The number of nitrogens with one attached hydrogen (secondary N) is 1. The Bertz CT molecular complexity index is 927. The van der Waals surface area contributed by atoms with Crippen molar-refractivity contribution >= 4 is 17.6 Å². The highest BCUT2D eigenvalue weighted by Crippen LogP contribution is 2.33. The van der Waals surface area contributed by atoms with E-state index in [0.29, 0.717) is 34.5 Å². The summed E-state index contributed by atoms with van der Waals surface area (Å²) in [6, 6.07) is 8.74. The fourth-order valence-electron chi connectivity index (χ4n) is 2.36. The number of hydrogen-bond acceptors (Lipinski definition) is 7. The molecule has 2 heterocycles. The fourth-order valence-corrected chi connectivity index (χ4v) is 2.47. The third-order valence-electron chi connectivity index (χ3n) is 3.64. The lowest BCUT2D eigenvalue weighted by Gasteiger charge is -2.12. The average molecular weight is 389 g/mol. The molecule has 1 aromatic carbocycles. The van der Waals surface area contributed by atoms with Crippen LogP contribution in [0.15, 0.2) is 36.5 Å². The second-order valence-electron chi connectivity index (χ2n) is 5.38. The normalized spacial score (nSPS) is 10.5. The van der Waals surface area contributed by atoms with Gasteiger partial charge in [0, 0.05) is 17.3 Å². The minimum absolute atomic E-state index is 0.111. The standard InChI is InChI=1S/C18H17ClN4O4/c1-3-26-18(24)17-16(21-23-22-17)12-5-6-13(14(8-12)25-2)27-10-11-4-7-15(19)20-9-11/h4-9H,3,10H2,1-2H3,(H,21,22,23). The number of hydrogen-bond donors (Lipinski definition) is 1. The zero-order valence-electron chi connectivity index (χ0n) is 14.7. The summed E-state index contributed by atoms with van der Waals surface area (Å²) in [5, 5.41) is 10.8. The van der Waals surface area contributed by atoms with Crippen LogP contribution in [0.3, 0.4) is 0 Å². The predicted molar refractivity (Wildman–Crippen MR) is 97.9 cm³/mol. The first-order valence-corrected chi connectivity index (χ1v) is 8.49. The highest BCUT2D eigenvalue weighted by Gasteiger charge is 2.20. The summed E-state index contributed by atoms with van der Waals surface area (Å²) in [5.74, 6) is 0.486. The maximum atomic E-state index is 12.0. The molecule has 0 amide bonds. The van der Waals surface area contributed by atoms with Crippen molar-refractivity contribution in [2.75, 3.05) is 13.7 Å². The van der Waals surface area contributed by atoms with E-state index in [2.05, 4.69) is 20.4 Å². The van der Waals surface area contributed by atoms with Crippen molar-refractivity contribution in [2.45, 2.75) is 13.5 Å². The van der Waals surface area contributed by atoms with Gasteiger partial charge in [-0.25, -0.2) is 9.78 Å². The molecular formula is C18H17ClN4O4. The second-order valence-corrected chi connectivity index (χ2v) is 5.77. The number of benzene rings is 1. The third-order valence-corrected chi connectivity index (χ3v) is 3.86. The molecule has 140 valence electrons. The number of ether oxygens (including phenoxy) is 3. The summed E-state index contributed by atoms with van der Waals surface area (Å²) in [4.78, 5) is 16.0. The lowest BCUT2D eigenvalue weighted by atomic mass is 10.1. The third kappa shape index (κ3) is 4.35. The van der Waals surface area contributed by atoms with Crippen LogP contribution in [0.4, 0.5) is 0 Å². The molecule has 0 spiro atoms. The number of carbonyl (C=O) groups excluding carboxylic acids is 1. The van der Waals surface area contributed by atoms with E-state index in [9.17, 15) is 4.79 Å². The molecule has 0 saturated heterocycles. The van der Waals surface area contributed by atoms with Gasteiger partial charge in [0.15, 0.2) is 17.2 Å². The lowest BCUT2D eigenvalue weighted by molar-refractivity contribution is 0.0520. The number of methoxy groups -OCH3 is 1. The van der Waals surface area contributed by atoms with Crippen LogP contribution in [-0.2, 0) is 11.3 Å². The monoisotopic (exact) mass is 388 g/mol. The molecule has 27 heavy (non-hydrogen) atoms. The Morgan fingerprint density at radius 3 is 2.74 bits per heavy atom. The van der Waals surface area contributed by atoms with Crippen LogP contribution in [0, 0.1) is 0 Å². The molecule has 0 fully saturated rings. The van der Waals surface area contributed by atoms with Gasteiger partial charge in [0.25, 0.3) is 0 Å². The SMILES string of the molecule is CCOC(=O)c1n[nH]nc1-c1ccc(OCc2ccc(Cl)nc2)c(OC)c1. The van der Waals surface area contributed by atoms with Crippen molar-refractivity contribution in [3.63, 3.8) is 0 Å². The molecule has 0 bridgehead atoms. The van der Waals surface area contributed by atoms with E-state index in [1.54, 1.807) is 37.4 Å². The summed E-state index contributed by atoms with van der Waals surface area (Å²) >= 11 is 5.78. The number of esters is 1. The maximum absolute atomic E-state index is 12.0. The Hall–Kier alpha value is -3.13. The van der Waals surface area contributed by atoms with E-state index in [4.69, 9.17) is 25.8 Å². The highest BCUT2D eigenvalue weighted by atomic mass is 35.5. The molecule has 0 saturated carbocycles. The Morgan fingerprint density at radius 2 is 2.04 bits per heavy atom. The number of H-pyrrole nitrogens is 1. The maximum Gasteiger partial charge on any atom is 0.361 e. The number of aromatic amines is 1. The van der Waals surface area contributed by atoms with Gasteiger partial charge >= 0.3 is 5.97 Å². The molecule has 1 N–H and O–H groups in total. The second kappa shape index (κ2) is 8.50. The van der Waals surface area contributed by atoms with Gasteiger partial charge < -0.3 is 14.2 Å². The van der Waals surface area contributed by atoms with Crippen LogP contribution in [0.25, 0.3) is 11.3 Å². The van der Waals surface area contributed by atoms with Crippen molar-refractivity contribution in [2.24, 2.45) is 0 Å². The zero-order chi connectivity index (χ0) is 19.2. The van der Waals surface area contributed by atoms with Crippen LogP contribution in [-0.4, -0.2) is 40.1 Å². The molecule has 2 aromatic heterocycles. The quantitative estimate of drug-likeness (QED) is 0.489. The number of nitrogens with zero attached hydrogens (tertiary/aromatic N) is 3. The van der Waals surface area contributed by atoms with E-state index in [-0.39, 0.29) is 12.3 Å². The molecule has 3 rings (SSSR count).